The third-order valence-electron chi connectivity index (χ3n) is 3.03. The van der Waals surface area contributed by atoms with E-state index in [0.29, 0.717) is 6.42 Å². The molecular weight excluding hydrogens is 263 g/mol. The molecule has 2 N–H and O–H groups in total. The van der Waals surface area contributed by atoms with Gasteiger partial charge in [-0.1, -0.05) is 50.1 Å². The highest BCUT2D eigenvalue weighted by Crippen LogP contribution is 2.46. The lowest BCUT2D eigenvalue weighted by atomic mass is 10.1. The predicted octanol–water partition coefficient (Wildman–Crippen LogP) is 3.35. The van der Waals surface area contributed by atoms with Crippen molar-refractivity contribution in [1.29, 1.82) is 0 Å². The largest absolute Gasteiger partial charge is 0.481 e. The maximum atomic E-state index is 12.2. The van der Waals surface area contributed by atoms with E-state index in [4.69, 9.17) is 5.11 Å². The molecule has 0 aromatic heterocycles. The van der Waals surface area contributed by atoms with Crippen molar-refractivity contribution in [1.82, 2.24) is 0 Å². The van der Waals surface area contributed by atoms with Gasteiger partial charge in [-0.25, -0.2) is 0 Å². The Kier molecular flexibility index (Phi) is 6.26. The summed E-state index contributed by atoms with van der Waals surface area (Å²) in [5, 5.41) is 9.10. The number of carboxylic acid groups (broad SMARTS) is 1. The summed E-state index contributed by atoms with van der Waals surface area (Å²) in [6.07, 6.45) is 2.02. The van der Waals surface area contributed by atoms with Crippen molar-refractivity contribution >= 4 is 13.3 Å². The van der Waals surface area contributed by atoms with E-state index < -0.39 is 19.3 Å². The standard InChI is InChI=1S/C14H21O4P/c1-2-3-9-13(14(15)16)11-19(17,18)10-12-7-5-4-6-8-12/h4-8,13H,2-3,9-11H2,1H3,(H,15,16)(H,17,18). The van der Waals surface area contributed by atoms with Crippen LogP contribution in [0.2, 0.25) is 0 Å². The summed E-state index contributed by atoms with van der Waals surface area (Å²) in [6.45, 7) is 1.97. The summed E-state index contributed by atoms with van der Waals surface area (Å²) in [5.41, 5.74) is 0.771. The molecule has 0 spiro atoms. The minimum absolute atomic E-state index is 0.0454. The van der Waals surface area contributed by atoms with E-state index in [2.05, 4.69) is 0 Å². The van der Waals surface area contributed by atoms with E-state index in [9.17, 15) is 14.3 Å². The first-order chi connectivity index (χ1) is 8.94. The Morgan fingerprint density at radius 2 is 1.95 bits per heavy atom. The van der Waals surface area contributed by atoms with Crippen molar-refractivity contribution in [3.8, 4) is 0 Å². The summed E-state index contributed by atoms with van der Waals surface area (Å²) >= 11 is 0. The zero-order valence-electron chi connectivity index (χ0n) is 11.2. The third kappa shape index (κ3) is 6.04. The lowest BCUT2D eigenvalue weighted by molar-refractivity contribution is -0.141. The van der Waals surface area contributed by atoms with Crippen LogP contribution >= 0.6 is 7.37 Å². The van der Waals surface area contributed by atoms with Crippen LogP contribution in [0.25, 0.3) is 0 Å². The molecule has 2 atom stereocenters. The van der Waals surface area contributed by atoms with Gasteiger partial charge in [-0.3, -0.25) is 9.36 Å². The average Bonchev–Trinajstić information content (AvgIpc) is 2.34. The molecule has 0 heterocycles. The molecule has 0 aliphatic rings. The highest BCUT2D eigenvalue weighted by molar-refractivity contribution is 7.57. The normalized spacial score (nSPS) is 15.7. The summed E-state index contributed by atoms with van der Waals surface area (Å²) in [4.78, 5) is 21.1. The van der Waals surface area contributed by atoms with Gasteiger partial charge in [0, 0.05) is 12.3 Å². The Labute approximate surface area is 113 Å². The first-order valence-corrected chi connectivity index (χ1v) is 8.55. The Balaban J connectivity index is 2.65. The second-order valence-corrected chi connectivity index (χ2v) is 7.22. The van der Waals surface area contributed by atoms with Crippen LogP contribution in [0.15, 0.2) is 30.3 Å². The van der Waals surface area contributed by atoms with E-state index >= 15 is 0 Å². The molecule has 0 bridgehead atoms. The van der Waals surface area contributed by atoms with Crippen molar-refractivity contribution in [3.63, 3.8) is 0 Å². The van der Waals surface area contributed by atoms with Crippen molar-refractivity contribution in [2.45, 2.75) is 32.3 Å². The lowest BCUT2D eigenvalue weighted by Gasteiger charge is -2.17. The van der Waals surface area contributed by atoms with Crippen LogP contribution in [0.1, 0.15) is 31.7 Å². The van der Waals surface area contributed by atoms with Gasteiger partial charge in [0.15, 0.2) is 0 Å². The molecule has 0 saturated carbocycles. The molecule has 1 aromatic carbocycles. The third-order valence-corrected chi connectivity index (χ3v) is 4.90. The van der Waals surface area contributed by atoms with E-state index in [1.807, 2.05) is 13.0 Å². The molecular formula is C14H21O4P. The fourth-order valence-corrected chi connectivity index (χ4v) is 3.96. The lowest BCUT2D eigenvalue weighted by Crippen LogP contribution is -2.18. The van der Waals surface area contributed by atoms with Crippen molar-refractivity contribution in [3.05, 3.63) is 35.9 Å². The highest BCUT2D eigenvalue weighted by Gasteiger charge is 2.28. The monoisotopic (exact) mass is 284 g/mol. The number of hydrogen-bond donors (Lipinski definition) is 2. The molecule has 0 saturated heterocycles. The summed E-state index contributed by atoms with van der Waals surface area (Å²) in [7, 11) is -3.45. The van der Waals surface area contributed by atoms with Gasteiger partial charge >= 0.3 is 5.97 Å². The number of aliphatic carboxylic acids is 1. The first-order valence-electron chi connectivity index (χ1n) is 6.52. The zero-order valence-corrected chi connectivity index (χ0v) is 12.1. The Morgan fingerprint density at radius 3 is 2.47 bits per heavy atom. The van der Waals surface area contributed by atoms with E-state index in [1.165, 1.54) is 0 Å². The molecule has 0 radical (unpaired) electrons. The van der Waals surface area contributed by atoms with Crippen LogP contribution in [-0.4, -0.2) is 22.1 Å². The summed E-state index contributed by atoms with van der Waals surface area (Å²) < 4.78 is 12.2. The van der Waals surface area contributed by atoms with Crippen LogP contribution in [0.4, 0.5) is 0 Å². The SMILES string of the molecule is CCCCC(CP(=O)(O)Cc1ccccc1)C(=O)O. The maximum absolute atomic E-state index is 12.2. The number of benzene rings is 1. The predicted molar refractivity (Wildman–Crippen MR) is 75.5 cm³/mol. The van der Waals surface area contributed by atoms with Crippen LogP contribution in [0.5, 0.6) is 0 Å². The molecule has 5 heteroatoms. The minimum atomic E-state index is -3.45. The second kappa shape index (κ2) is 7.46. The zero-order chi connectivity index (χ0) is 14.3. The smallest absolute Gasteiger partial charge is 0.307 e. The number of hydrogen-bond acceptors (Lipinski definition) is 2. The summed E-state index contributed by atoms with van der Waals surface area (Å²) in [5.74, 6) is -1.70. The van der Waals surface area contributed by atoms with Crippen LogP contribution < -0.4 is 0 Å². The Morgan fingerprint density at radius 1 is 1.32 bits per heavy atom. The molecule has 0 aliphatic heterocycles. The molecule has 0 amide bonds. The number of rotatable bonds is 8. The van der Waals surface area contributed by atoms with E-state index in [1.54, 1.807) is 24.3 Å². The molecule has 1 rings (SSSR count). The number of unbranched alkanes of at least 4 members (excludes halogenated alkanes) is 1. The van der Waals surface area contributed by atoms with Crippen LogP contribution in [-0.2, 0) is 15.5 Å². The molecule has 4 nitrogen and oxygen atoms in total. The van der Waals surface area contributed by atoms with Crippen molar-refractivity contribution < 1.29 is 19.4 Å². The van der Waals surface area contributed by atoms with Gasteiger partial charge in [0.2, 0.25) is 7.37 Å². The Hall–Kier alpha value is -1.12. The fourth-order valence-electron chi connectivity index (χ4n) is 2.02. The molecule has 0 aliphatic carbocycles. The quantitative estimate of drug-likeness (QED) is 0.718. The van der Waals surface area contributed by atoms with Gasteiger partial charge < -0.3 is 10.00 Å². The topological polar surface area (TPSA) is 74.6 Å². The molecule has 0 fully saturated rings. The molecule has 106 valence electrons. The van der Waals surface area contributed by atoms with Gasteiger partial charge in [-0.2, -0.15) is 0 Å². The Bertz CT molecular complexity index is 444. The number of carbonyl (C=O) groups is 1. The highest BCUT2D eigenvalue weighted by atomic mass is 31.2. The van der Waals surface area contributed by atoms with Gasteiger partial charge in [0.1, 0.15) is 0 Å². The number of carboxylic acids is 1. The van der Waals surface area contributed by atoms with Crippen molar-refractivity contribution in [2.75, 3.05) is 6.16 Å². The average molecular weight is 284 g/mol. The molecule has 2 unspecified atom stereocenters. The molecule has 1 aromatic rings. The van der Waals surface area contributed by atoms with Crippen LogP contribution in [0.3, 0.4) is 0 Å². The minimum Gasteiger partial charge on any atom is -0.481 e. The summed E-state index contributed by atoms with van der Waals surface area (Å²) in [6, 6.07) is 9.02. The van der Waals surface area contributed by atoms with Gasteiger partial charge in [0.05, 0.1) is 5.92 Å². The second-order valence-electron chi connectivity index (χ2n) is 4.85. The van der Waals surface area contributed by atoms with Gasteiger partial charge in [-0.15, -0.1) is 0 Å². The molecule has 19 heavy (non-hydrogen) atoms. The van der Waals surface area contributed by atoms with Crippen LogP contribution in [0, 0.1) is 5.92 Å². The van der Waals surface area contributed by atoms with E-state index in [0.717, 1.165) is 18.4 Å². The van der Waals surface area contributed by atoms with Gasteiger partial charge in [-0.05, 0) is 12.0 Å². The first kappa shape index (κ1) is 15.9. The fraction of sp³-hybridized carbons (Fsp3) is 0.500. The van der Waals surface area contributed by atoms with Crippen molar-refractivity contribution in [2.24, 2.45) is 5.92 Å². The van der Waals surface area contributed by atoms with Gasteiger partial charge in [0.25, 0.3) is 0 Å². The van der Waals surface area contributed by atoms with E-state index in [-0.39, 0.29) is 12.3 Å². The maximum Gasteiger partial charge on any atom is 0.307 e.